The van der Waals surface area contributed by atoms with Gasteiger partial charge < -0.3 is 14.7 Å². The van der Waals surface area contributed by atoms with E-state index in [-0.39, 0.29) is 5.41 Å². The first-order chi connectivity index (χ1) is 7.76. The van der Waals surface area contributed by atoms with Crippen LogP contribution in [-0.2, 0) is 4.74 Å². The van der Waals surface area contributed by atoms with E-state index in [2.05, 4.69) is 11.8 Å². The van der Waals surface area contributed by atoms with E-state index in [1.165, 1.54) is 25.8 Å². The normalized spacial score (nSPS) is 31.5. The Morgan fingerprint density at radius 1 is 1.31 bits per heavy atom. The lowest BCUT2D eigenvalue weighted by Gasteiger charge is -2.43. The van der Waals surface area contributed by atoms with Crippen LogP contribution in [0.3, 0.4) is 0 Å². The van der Waals surface area contributed by atoms with Crippen LogP contribution in [0.4, 0.5) is 0 Å². The average Bonchev–Trinajstić information content (AvgIpc) is 2.33. The summed E-state index contributed by atoms with van der Waals surface area (Å²) >= 11 is 0. The second-order valence-electron chi connectivity index (χ2n) is 5.59. The third-order valence-corrected chi connectivity index (χ3v) is 4.37. The molecule has 0 aliphatic carbocycles. The Balaban J connectivity index is 1.93. The fourth-order valence-corrected chi connectivity index (χ4v) is 2.99. The molecule has 2 rings (SSSR count). The topological polar surface area (TPSA) is 32.7 Å². The molecule has 1 unspecified atom stereocenters. The van der Waals surface area contributed by atoms with Gasteiger partial charge >= 0.3 is 0 Å². The van der Waals surface area contributed by atoms with Crippen molar-refractivity contribution in [1.29, 1.82) is 0 Å². The maximum absolute atomic E-state index is 9.68. The van der Waals surface area contributed by atoms with Gasteiger partial charge in [-0.1, -0.05) is 6.42 Å². The Morgan fingerprint density at radius 2 is 2.06 bits per heavy atom. The Kier molecular flexibility index (Phi) is 4.22. The van der Waals surface area contributed by atoms with Crippen LogP contribution in [0.15, 0.2) is 0 Å². The van der Waals surface area contributed by atoms with E-state index in [0.29, 0.717) is 12.6 Å². The predicted octanol–water partition coefficient (Wildman–Crippen LogP) is 1.65. The van der Waals surface area contributed by atoms with Crippen molar-refractivity contribution in [3.05, 3.63) is 0 Å². The van der Waals surface area contributed by atoms with E-state index in [0.717, 1.165) is 32.6 Å². The Morgan fingerprint density at radius 3 is 2.69 bits per heavy atom. The highest BCUT2D eigenvalue weighted by molar-refractivity contribution is 4.87. The third-order valence-electron chi connectivity index (χ3n) is 4.37. The molecule has 0 bridgehead atoms. The molecule has 0 saturated carbocycles. The Labute approximate surface area is 98.8 Å². The van der Waals surface area contributed by atoms with Gasteiger partial charge in [0.05, 0.1) is 6.61 Å². The molecule has 2 fully saturated rings. The summed E-state index contributed by atoms with van der Waals surface area (Å²) in [5.74, 6) is 0. The van der Waals surface area contributed by atoms with Gasteiger partial charge in [-0.25, -0.2) is 0 Å². The number of hydrogen-bond donors (Lipinski definition) is 1. The minimum atomic E-state index is 0.115. The lowest BCUT2D eigenvalue weighted by molar-refractivity contribution is -0.0435. The first-order valence-corrected chi connectivity index (χ1v) is 6.68. The van der Waals surface area contributed by atoms with Crippen LogP contribution in [0.1, 0.15) is 39.0 Å². The molecule has 2 aliphatic rings. The number of aliphatic hydroxyl groups excluding tert-OH is 1. The molecule has 0 radical (unpaired) electrons. The fourth-order valence-electron chi connectivity index (χ4n) is 2.99. The third kappa shape index (κ3) is 2.76. The summed E-state index contributed by atoms with van der Waals surface area (Å²) in [6.07, 6.45) is 6.05. The second-order valence-corrected chi connectivity index (χ2v) is 5.59. The number of rotatable bonds is 3. The number of aliphatic hydroxyl groups is 1. The largest absolute Gasteiger partial charge is 0.396 e. The highest BCUT2D eigenvalue weighted by Crippen LogP contribution is 2.32. The first-order valence-electron chi connectivity index (χ1n) is 6.68. The molecule has 0 spiro atoms. The van der Waals surface area contributed by atoms with Crippen molar-refractivity contribution in [2.75, 3.05) is 32.9 Å². The molecule has 1 N–H and O–H groups in total. The Hall–Kier alpha value is -0.120. The van der Waals surface area contributed by atoms with Crippen molar-refractivity contribution >= 4 is 0 Å². The maximum Gasteiger partial charge on any atom is 0.0501 e. The van der Waals surface area contributed by atoms with Crippen molar-refractivity contribution in [3.8, 4) is 0 Å². The van der Waals surface area contributed by atoms with Crippen LogP contribution < -0.4 is 0 Å². The van der Waals surface area contributed by atoms with Crippen LogP contribution >= 0.6 is 0 Å². The molecule has 3 nitrogen and oxygen atoms in total. The molecular formula is C13H25NO2. The maximum atomic E-state index is 9.68. The molecule has 1 atom stereocenters. The molecule has 0 amide bonds. The molecule has 16 heavy (non-hydrogen) atoms. The lowest BCUT2D eigenvalue weighted by atomic mass is 9.79. The summed E-state index contributed by atoms with van der Waals surface area (Å²) in [5.41, 5.74) is 0.115. The van der Waals surface area contributed by atoms with Crippen molar-refractivity contribution in [2.24, 2.45) is 5.41 Å². The van der Waals surface area contributed by atoms with E-state index in [1.54, 1.807) is 0 Å². The van der Waals surface area contributed by atoms with Gasteiger partial charge in [0.2, 0.25) is 0 Å². The van der Waals surface area contributed by atoms with Crippen molar-refractivity contribution in [2.45, 2.75) is 45.1 Å². The van der Waals surface area contributed by atoms with Gasteiger partial charge in [0.25, 0.3) is 0 Å². The van der Waals surface area contributed by atoms with Gasteiger partial charge in [0, 0.05) is 31.2 Å². The highest BCUT2D eigenvalue weighted by Gasteiger charge is 2.35. The fraction of sp³-hybridized carbons (Fsp3) is 1.00. The Bertz CT molecular complexity index is 214. The summed E-state index contributed by atoms with van der Waals surface area (Å²) in [6, 6.07) is 0.694. The summed E-state index contributed by atoms with van der Waals surface area (Å²) in [6.45, 7) is 6.56. The van der Waals surface area contributed by atoms with E-state index < -0.39 is 0 Å². The SMILES string of the molecule is CC1CCCCN1CC1(CO)CCOCC1. The minimum Gasteiger partial charge on any atom is -0.396 e. The quantitative estimate of drug-likeness (QED) is 0.796. The zero-order chi connectivity index (χ0) is 11.4. The van der Waals surface area contributed by atoms with Gasteiger partial charge in [-0.3, -0.25) is 0 Å². The number of ether oxygens (including phenoxy) is 1. The van der Waals surface area contributed by atoms with Crippen molar-refractivity contribution < 1.29 is 9.84 Å². The van der Waals surface area contributed by atoms with Crippen molar-refractivity contribution in [3.63, 3.8) is 0 Å². The average molecular weight is 227 g/mol. The molecule has 0 aromatic heterocycles. The lowest BCUT2D eigenvalue weighted by Crippen LogP contribution is -2.48. The van der Waals surface area contributed by atoms with Gasteiger partial charge in [0.1, 0.15) is 0 Å². The van der Waals surface area contributed by atoms with Crippen LogP contribution in [0.5, 0.6) is 0 Å². The van der Waals surface area contributed by atoms with E-state index in [9.17, 15) is 5.11 Å². The molecular weight excluding hydrogens is 202 g/mol. The summed E-state index contributed by atoms with van der Waals surface area (Å²) in [7, 11) is 0. The number of piperidine rings is 1. The summed E-state index contributed by atoms with van der Waals surface area (Å²) in [5, 5.41) is 9.68. The van der Waals surface area contributed by atoms with Crippen LogP contribution in [0.2, 0.25) is 0 Å². The summed E-state index contributed by atoms with van der Waals surface area (Å²) < 4.78 is 5.41. The van der Waals surface area contributed by atoms with Gasteiger partial charge in [0.15, 0.2) is 0 Å². The molecule has 3 heteroatoms. The van der Waals surface area contributed by atoms with E-state index >= 15 is 0 Å². The molecule has 2 saturated heterocycles. The van der Waals surface area contributed by atoms with Gasteiger partial charge in [-0.05, 0) is 39.2 Å². The summed E-state index contributed by atoms with van der Waals surface area (Å²) in [4.78, 5) is 2.57. The number of hydrogen-bond acceptors (Lipinski definition) is 3. The van der Waals surface area contributed by atoms with Gasteiger partial charge in [-0.15, -0.1) is 0 Å². The van der Waals surface area contributed by atoms with Gasteiger partial charge in [-0.2, -0.15) is 0 Å². The van der Waals surface area contributed by atoms with Crippen LogP contribution in [0, 0.1) is 5.41 Å². The zero-order valence-electron chi connectivity index (χ0n) is 10.5. The smallest absolute Gasteiger partial charge is 0.0501 e. The van der Waals surface area contributed by atoms with Crippen LogP contribution in [0.25, 0.3) is 0 Å². The predicted molar refractivity (Wildman–Crippen MR) is 64.5 cm³/mol. The van der Waals surface area contributed by atoms with E-state index in [4.69, 9.17) is 4.74 Å². The first kappa shape index (κ1) is 12.3. The molecule has 0 aromatic carbocycles. The minimum absolute atomic E-state index is 0.115. The second kappa shape index (κ2) is 5.48. The van der Waals surface area contributed by atoms with Crippen molar-refractivity contribution in [1.82, 2.24) is 4.90 Å². The van der Waals surface area contributed by atoms with Crippen LogP contribution in [-0.4, -0.2) is 49.0 Å². The molecule has 94 valence electrons. The van der Waals surface area contributed by atoms with E-state index in [1.807, 2.05) is 0 Å². The monoisotopic (exact) mass is 227 g/mol. The standard InChI is InChI=1S/C13H25NO2/c1-12-4-2-3-7-14(12)10-13(11-15)5-8-16-9-6-13/h12,15H,2-11H2,1H3. The highest BCUT2D eigenvalue weighted by atomic mass is 16.5. The molecule has 2 heterocycles. The number of likely N-dealkylation sites (tertiary alicyclic amines) is 1. The molecule has 0 aromatic rings. The molecule has 2 aliphatic heterocycles. The zero-order valence-corrected chi connectivity index (χ0v) is 10.5. The number of nitrogens with zero attached hydrogens (tertiary/aromatic N) is 1.